The summed E-state index contributed by atoms with van der Waals surface area (Å²) in [5.74, 6) is 0.271. The third kappa shape index (κ3) is 6.26. The molecule has 1 N–H and O–H groups in total. The van der Waals surface area contributed by atoms with Crippen molar-refractivity contribution in [1.82, 2.24) is 15.2 Å². The molecule has 0 saturated carbocycles. The van der Waals surface area contributed by atoms with E-state index in [1.54, 1.807) is 36.9 Å². The van der Waals surface area contributed by atoms with Crippen LogP contribution in [0.1, 0.15) is 32.4 Å². The van der Waals surface area contributed by atoms with Gasteiger partial charge in [-0.1, -0.05) is 6.07 Å². The van der Waals surface area contributed by atoms with Crippen LogP contribution in [-0.2, 0) is 20.5 Å². The van der Waals surface area contributed by atoms with Crippen LogP contribution in [0.3, 0.4) is 0 Å². The molecule has 2 fully saturated rings. The first-order valence-electron chi connectivity index (χ1n) is 11.8. The molecule has 0 bridgehead atoms. The number of likely N-dealkylation sites (tertiary alicyclic amines) is 1. The maximum Gasteiger partial charge on any atom is 0.433 e. The fraction of sp³-hybridized carbons (Fsp3) is 0.480. The number of ether oxygens (including phenoxy) is 2. The summed E-state index contributed by atoms with van der Waals surface area (Å²) < 4.78 is 49.4. The third-order valence-corrected chi connectivity index (χ3v) is 6.22. The van der Waals surface area contributed by atoms with Crippen molar-refractivity contribution in [2.45, 2.75) is 44.5 Å². The van der Waals surface area contributed by atoms with Crippen LogP contribution >= 0.6 is 0 Å². The summed E-state index contributed by atoms with van der Waals surface area (Å²) in [6.07, 6.45) is -1.75. The van der Waals surface area contributed by atoms with Crippen molar-refractivity contribution in [2.75, 3.05) is 37.7 Å². The van der Waals surface area contributed by atoms with Gasteiger partial charge in [0.1, 0.15) is 29.4 Å². The fourth-order valence-electron chi connectivity index (χ4n) is 4.08. The summed E-state index contributed by atoms with van der Waals surface area (Å²) in [5, 5.41) is 2.96. The van der Waals surface area contributed by atoms with Crippen LogP contribution in [0.4, 0.5) is 18.9 Å². The minimum atomic E-state index is -4.51. The molecule has 1 atom stereocenters. The number of amides is 2. The molecule has 2 aliphatic heterocycles. The number of carbonyl (C=O) groups is 2. The smallest absolute Gasteiger partial charge is 0.433 e. The van der Waals surface area contributed by atoms with Gasteiger partial charge in [0.2, 0.25) is 5.91 Å². The minimum Gasteiger partial charge on any atom is -0.456 e. The van der Waals surface area contributed by atoms with E-state index < -0.39 is 17.5 Å². The number of nitrogens with zero attached hydrogens (tertiary/aromatic N) is 3. The second-order valence-corrected chi connectivity index (χ2v) is 9.42. The van der Waals surface area contributed by atoms with E-state index in [1.165, 1.54) is 6.07 Å². The molecule has 0 aliphatic carbocycles. The van der Waals surface area contributed by atoms with Crippen LogP contribution < -0.4 is 15.0 Å². The third-order valence-electron chi connectivity index (χ3n) is 6.22. The quantitative estimate of drug-likeness (QED) is 0.589. The molecule has 0 spiro atoms. The lowest BCUT2D eigenvalue weighted by molar-refractivity contribution is -0.160. The van der Waals surface area contributed by atoms with Crippen molar-refractivity contribution >= 4 is 17.5 Å². The highest BCUT2D eigenvalue weighted by molar-refractivity contribution is 5.85. The number of rotatable bonds is 8. The second-order valence-electron chi connectivity index (χ2n) is 9.42. The van der Waals surface area contributed by atoms with Crippen molar-refractivity contribution in [2.24, 2.45) is 0 Å². The number of alkyl halides is 3. The number of hydrogen-bond donors (Lipinski definition) is 1. The summed E-state index contributed by atoms with van der Waals surface area (Å²) in [5.41, 5.74) is -1.17. The number of benzene rings is 1. The molecule has 1 unspecified atom stereocenters. The Labute approximate surface area is 207 Å². The zero-order valence-electron chi connectivity index (χ0n) is 20.2. The van der Waals surface area contributed by atoms with E-state index in [0.717, 1.165) is 43.9 Å². The van der Waals surface area contributed by atoms with Crippen molar-refractivity contribution in [3.63, 3.8) is 0 Å². The molecule has 194 valence electrons. The molecule has 36 heavy (non-hydrogen) atoms. The number of halogens is 3. The first kappa shape index (κ1) is 25.7. The van der Waals surface area contributed by atoms with Gasteiger partial charge in [0.25, 0.3) is 5.91 Å². The predicted octanol–water partition coefficient (Wildman–Crippen LogP) is 3.62. The van der Waals surface area contributed by atoms with Crippen molar-refractivity contribution in [1.29, 1.82) is 0 Å². The van der Waals surface area contributed by atoms with Crippen LogP contribution in [0.15, 0.2) is 42.6 Å². The zero-order chi connectivity index (χ0) is 25.9. The molecule has 2 aliphatic rings. The summed E-state index contributed by atoms with van der Waals surface area (Å²) in [4.78, 5) is 32.0. The van der Waals surface area contributed by atoms with E-state index in [0.29, 0.717) is 18.8 Å². The largest absolute Gasteiger partial charge is 0.456 e. The van der Waals surface area contributed by atoms with Crippen LogP contribution in [0.25, 0.3) is 0 Å². The Hall–Kier alpha value is -3.34. The summed E-state index contributed by atoms with van der Waals surface area (Å²) in [7, 11) is 0. The molecule has 1 aromatic carbocycles. The Balaban J connectivity index is 1.27. The van der Waals surface area contributed by atoms with E-state index >= 15 is 0 Å². The Bertz CT molecular complexity index is 1090. The average molecular weight is 507 g/mol. The standard InChI is InChI=1S/C25H29F3N4O4/c1-24(2,23(34)31-10-4-11-31)35-16-22(33)30-17-9-12-32(15-17)18-5-3-6-19(13-18)36-20-7-8-21(29-14-20)25(26,27)28/h3,5-8,13-14,17H,4,9-12,15-16H2,1-2H3,(H,30,33). The first-order valence-corrected chi connectivity index (χ1v) is 11.8. The van der Waals surface area contributed by atoms with E-state index in [-0.39, 0.29) is 30.2 Å². The minimum absolute atomic E-state index is 0.0843. The normalized spacial score (nSPS) is 18.1. The molecule has 4 rings (SSSR count). The Morgan fingerprint density at radius 3 is 2.53 bits per heavy atom. The van der Waals surface area contributed by atoms with Crippen LogP contribution in [0.5, 0.6) is 11.5 Å². The highest BCUT2D eigenvalue weighted by atomic mass is 19.4. The number of aromatic nitrogens is 1. The number of hydrogen-bond acceptors (Lipinski definition) is 6. The predicted molar refractivity (Wildman–Crippen MR) is 126 cm³/mol. The molecular weight excluding hydrogens is 477 g/mol. The van der Waals surface area contributed by atoms with Crippen molar-refractivity contribution in [3.8, 4) is 11.5 Å². The van der Waals surface area contributed by atoms with Crippen LogP contribution in [-0.4, -0.2) is 66.1 Å². The average Bonchev–Trinajstić information content (AvgIpc) is 3.25. The second kappa shape index (κ2) is 10.3. The van der Waals surface area contributed by atoms with Gasteiger partial charge in [-0.15, -0.1) is 0 Å². The topological polar surface area (TPSA) is 84.0 Å². The number of carbonyl (C=O) groups excluding carboxylic acids is 2. The highest BCUT2D eigenvalue weighted by Gasteiger charge is 2.36. The highest BCUT2D eigenvalue weighted by Crippen LogP contribution is 2.31. The molecule has 2 aromatic rings. The van der Waals surface area contributed by atoms with E-state index in [1.807, 2.05) is 6.07 Å². The van der Waals surface area contributed by atoms with Gasteiger partial charge in [-0.05, 0) is 51.0 Å². The zero-order valence-corrected chi connectivity index (χ0v) is 20.2. The van der Waals surface area contributed by atoms with Crippen molar-refractivity contribution < 1.29 is 32.2 Å². The van der Waals surface area contributed by atoms with Gasteiger partial charge in [-0.25, -0.2) is 4.98 Å². The van der Waals surface area contributed by atoms with E-state index in [9.17, 15) is 22.8 Å². The molecule has 11 heteroatoms. The molecule has 2 amide bonds. The Morgan fingerprint density at radius 1 is 1.11 bits per heavy atom. The van der Waals surface area contributed by atoms with Gasteiger partial charge >= 0.3 is 6.18 Å². The molecule has 1 aromatic heterocycles. The SMILES string of the molecule is CC(C)(OCC(=O)NC1CCN(c2cccc(Oc3ccc(C(F)(F)F)nc3)c2)C1)C(=O)N1CCC1. The van der Waals surface area contributed by atoms with Gasteiger partial charge in [0.05, 0.1) is 6.20 Å². The number of anilines is 1. The van der Waals surface area contributed by atoms with Gasteiger partial charge < -0.3 is 24.6 Å². The van der Waals surface area contributed by atoms with Gasteiger partial charge in [0, 0.05) is 44.0 Å². The summed E-state index contributed by atoms with van der Waals surface area (Å²) in [6, 6.07) is 9.20. The van der Waals surface area contributed by atoms with Crippen molar-refractivity contribution in [3.05, 3.63) is 48.3 Å². The van der Waals surface area contributed by atoms with E-state index in [2.05, 4.69) is 15.2 Å². The maximum atomic E-state index is 12.7. The van der Waals surface area contributed by atoms with Crippen LogP contribution in [0.2, 0.25) is 0 Å². The number of nitrogens with one attached hydrogen (secondary N) is 1. The lowest BCUT2D eigenvalue weighted by atomic mass is 10.1. The molecule has 8 nitrogen and oxygen atoms in total. The molecule has 3 heterocycles. The monoisotopic (exact) mass is 506 g/mol. The lowest BCUT2D eigenvalue weighted by Gasteiger charge is -2.37. The van der Waals surface area contributed by atoms with Gasteiger partial charge in [-0.2, -0.15) is 13.2 Å². The first-order chi connectivity index (χ1) is 17.0. The number of pyridine rings is 1. The Morgan fingerprint density at radius 2 is 1.89 bits per heavy atom. The van der Waals surface area contributed by atoms with Gasteiger partial charge in [-0.3, -0.25) is 9.59 Å². The molecule has 0 radical (unpaired) electrons. The summed E-state index contributed by atoms with van der Waals surface area (Å²) >= 11 is 0. The Kier molecular flexibility index (Phi) is 7.39. The summed E-state index contributed by atoms with van der Waals surface area (Å²) in [6.45, 7) is 5.88. The van der Waals surface area contributed by atoms with Crippen LogP contribution in [0, 0.1) is 0 Å². The fourth-order valence-corrected chi connectivity index (χ4v) is 4.08. The maximum absolute atomic E-state index is 12.7. The molecule has 2 saturated heterocycles. The van der Waals surface area contributed by atoms with E-state index in [4.69, 9.17) is 9.47 Å². The molecular formula is C25H29F3N4O4. The lowest BCUT2D eigenvalue weighted by Crippen LogP contribution is -2.53. The van der Waals surface area contributed by atoms with Gasteiger partial charge in [0.15, 0.2) is 0 Å².